The number of likely N-dealkylation sites (N-methyl/N-ethyl adjacent to an activating group) is 1. The topological polar surface area (TPSA) is 79.0 Å². The summed E-state index contributed by atoms with van der Waals surface area (Å²) in [5.41, 5.74) is 0.361. The predicted octanol–water partition coefficient (Wildman–Crippen LogP) is 0.529. The van der Waals surface area contributed by atoms with Crippen molar-refractivity contribution in [2.75, 3.05) is 50.9 Å². The summed E-state index contributed by atoms with van der Waals surface area (Å²) in [6.45, 7) is 3.08. The molecule has 0 saturated heterocycles. The molecule has 1 N–H and O–H groups in total. The summed E-state index contributed by atoms with van der Waals surface area (Å²) in [6.07, 6.45) is 1.07. The molecule has 1 rings (SSSR count). The summed E-state index contributed by atoms with van der Waals surface area (Å²) in [6, 6.07) is 6.77. The zero-order valence-corrected chi connectivity index (χ0v) is 14.9. The van der Waals surface area contributed by atoms with Crippen molar-refractivity contribution in [1.82, 2.24) is 10.2 Å². The van der Waals surface area contributed by atoms with Crippen LogP contribution in [-0.4, -0.2) is 65.8 Å². The zero-order chi connectivity index (χ0) is 17.5. The number of rotatable bonds is 9. The van der Waals surface area contributed by atoms with Crippen LogP contribution in [0.15, 0.2) is 24.3 Å². The first-order valence-corrected chi connectivity index (χ1v) is 9.21. The van der Waals surface area contributed by atoms with Crippen molar-refractivity contribution in [2.45, 2.75) is 6.92 Å². The lowest BCUT2D eigenvalue weighted by Gasteiger charge is -2.24. The SMILES string of the molecule is CCOc1ccccc1N(CC(=O)NCCN(C)C)S(C)(=O)=O. The molecule has 0 atom stereocenters. The van der Waals surface area contributed by atoms with E-state index in [1.54, 1.807) is 24.3 Å². The van der Waals surface area contributed by atoms with Crippen LogP contribution < -0.4 is 14.4 Å². The number of ether oxygens (including phenoxy) is 1. The van der Waals surface area contributed by atoms with Crippen molar-refractivity contribution < 1.29 is 17.9 Å². The van der Waals surface area contributed by atoms with Gasteiger partial charge in [0.2, 0.25) is 15.9 Å². The lowest BCUT2D eigenvalue weighted by atomic mass is 10.3. The van der Waals surface area contributed by atoms with Crippen LogP contribution in [0.2, 0.25) is 0 Å². The standard InChI is InChI=1S/C15H25N3O4S/c1-5-22-14-9-7-6-8-13(14)18(23(4,20)21)12-15(19)16-10-11-17(2)3/h6-9H,5,10-12H2,1-4H3,(H,16,19). The molecule has 1 aromatic rings. The number of amides is 1. The molecule has 8 heteroatoms. The molecule has 1 amide bonds. The van der Waals surface area contributed by atoms with Crippen LogP contribution >= 0.6 is 0 Å². The van der Waals surface area contributed by atoms with Crippen LogP contribution in [0.3, 0.4) is 0 Å². The van der Waals surface area contributed by atoms with E-state index in [0.717, 1.165) is 10.6 Å². The fraction of sp³-hybridized carbons (Fsp3) is 0.533. The number of anilines is 1. The van der Waals surface area contributed by atoms with Gasteiger partial charge in [0.1, 0.15) is 12.3 Å². The number of carbonyl (C=O) groups is 1. The Balaban J connectivity index is 2.93. The number of hydrogen-bond donors (Lipinski definition) is 1. The third kappa shape index (κ3) is 6.45. The summed E-state index contributed by atoms with van der Waals surface area (Å²) < 4.78 is 30.7. The largest absolute Gasteiger partial charge is 0.492 e. The molecule has 0 aliphatic rings. The first-order chi connectivity index (χ1) is 10.8. The zero-order valence-electron chi connectivity index (χ0n) is 14.1. The van der Waals surface area contributed by atoms with Crippen molar-refractivity contribution in [3.63, 3.8) is 0 Å². The first kappa shape index (κ1) is 19.2. The Kier molecular flexibility index (Phi) is 7.31. The van der Waals surface area contributed by atoms with Gasteiger partial charge in [0, 0.05) is 13.1 Å². The molecule has 0 saturated carbocycles. The van der Waals surface area contributed by atoms with Crippen LogP contribution in [0, 0.1) is 0 Å². The molecule has 0 aliphatic heterocycles. The van der Waals surface area contributed by atoms with E-state index in [9.17, 15) is 13.2 Å². The third-order valence-corrected chi connectivity index (χ3v) is 4.13. The minimum absolute atomic E-state index is 0.281. The van der Waals surface area contributed by atoms with Gasteiger partial charge in [-0.25, -0.2) is 8.42 Å². The lowest BCUT2D eigenvalue weighted by molar-refractivity contribution is -0.119. The smallest absolute Gasteiger partial charge is 0.240 e. The lowest BCUT2D eigenvalue weighted by Crippen LogP contribution is -2.42. The number of nitrogens with zero attached hydrogens (tertiary/aromatic N) is 2. The molecule has 23 heavy (non-hydrogen) atoms. The number of nitrogens with one attached hydrogen (secondary N) is 1. The minimum Gasteiger partial charge on any atom is -0.492 e. The normalized spacial score (nSPS) is 11.3. The maximum Gasteiger partial charge on any atom is 0.240 e. The molecule has 0 unspecified atom stereocenters. The second kappa shape index (κ2) is 8.73. The molecule has 7 nitrogen and oxygen atoms in total. The van der Waals surface area contributed by atoms with Crippen molar-refractivity contribution in [1.29, 1.82) is 0 Å². The van der Waals surface area contributed by atoms with Crippen LogP contribution in [-0.2, 0) is 14.8 Å². The van der Waals surface area contributed by atoms with Gasteiger partial charge in [-0.2, -0.15) is 0 Å². The Morgan fingerprint density at radius 1 is 1.26 bits per heavy atom. The predicted molar refractivity (Wildman–Crippen MR) is 91.4 cm³/mol. The summed E-state index contributed by atoms with van der Waals surface area (Å²) in [4.78, 5) is 14.0. The van der Waals surface area contributed by atoms with E-state index in [2.05, 4.69) is 5.32 Å². The maximum atomic E-state index is 12.1. The van der Waals surface area contributed by atoms with E-state index in [1.807, 2.05) is 25.9 Å². The molecular weight excluding hydrogens is 318 g/mol. The van der Waals surface area contributed by atoms with Gasteiger partial charge >= 0.3 is 0 Å². The second-order valence-corrected chi connectivity index (χ2v) is 7.23. The van der Waals surface area contributed by atoms with Crippen LogP contribution in [0.5, 0.6) is 5.75 Å². The molecule has 0 heterocycles. The molecule has 0 fully saturated rings. The van der Waals surface area contributed by atoms with Crippen LogP contribution in [0.1, 0.15) is 6.92 Å². The molecule has 0 aliphatic carbocycles. The Morgan fingerprint density at radius 2 is 1.91 bits per heavy atom. The second-order valence-electron chi connectivity index (χ2n) is 5.32. The quantitative estimate of drug-likeness (QED) is 0.707. The Morgan fingerprint density at radius 3 is 2.48 bits per heavy atom. The fourth-order valence-corrected chi connectivity index (χ4v) is 2.79. The van der Waals surface area contributed by atoms with E-state index in [4.69, 9.17) is 4.74 Å². The highest BCUT2D eigenvalue weighted by Gasteiger charge is 2.23. The van der Waals surface area contributed by atoms with E-state index in [-0.39, 0.29) is 12.5 Å². The van der Waals surface area contributed by atoms with Crippen LogP contribution in [0.25, 0.3) is 0 Å². The van der Waals surface area contributed by atoms with Crippen molar-refractivity contribution in [3.05, 3.63) is 24.3 Å². The fourth-order valence-electron chi connectivity index (χ4n) is 1.93. The molecule has 0 bridgehead atoms. The van der Waals surface area contributed by atoms with Gasteiger partial charge < -0.3 is 15.0 Å². The highest BCUT2D eigenvalue weighted by molar-refractivity contribution is 7.92. The summed E-state index contributed by atoms with van der Waals surface area (Å²) >= 11 is 0. The van der Waals surface area contributed by atoms with Gasteiger partial charge in [0.05, 0.1) is 18.6 Å². The molecule has 130 valence electrons. The highest BCUT2D eigenvalue weighted by Crippen LogP contribution is 2.29. The van der Waals surface area contributed by atoms with Gasteiger partial charge in [-0.1, -0.05) is 12.1 Å². The van der Waals surface area contributed by atoms with Gasteiger partial charge in [-0.3, -0.25) is 9.10 Å². The first-order valence-electron chi connectivity index (χ1n) is 7.36. The van der Waals surface area contributed by atoms with Crippen LogP contribution in [0.4, 0.5) is 5.69 Å². The van der Waals surface area contributed by atoms with Gasteiger partial charge in [-0.05, 0) is 33.2 Å². The third-order valence-electron chi connectivity index (χ3n) is 3.00. The number of hydrogen-bond acceptors (Lipinski definition) is 5. The Labute approximate surface area is 138 Å². The van der Waals surface area contributed by atoms with Gasteiger partial charge in [0.25, 0.3) is 0 Å². The van der Waals surface area contributed by atoms with Crippen molar-refractivity contribution in [3.8, 4) is 5.75 Å². The molecule has 0 aromatic heterocycles. The maximum absolute atomic E-state index is 12.1. The average Bonchev–Trinajstić information content (AvgIpc) is 2.44. The average molecular weight is 343 g/mol. The molecule has 0 spiro atoms. The van der Waals surface area contributed by atoms with Gasteiger partial charge in [0.15, 0.2) is 0 Å². The van der Waals surface area contributed by atoms with Crippen molar-refractivity contribution in [2.24, 2.45) is 0 Å². The molecule has 1 aromatic carbocycles. The summed E-state index contributed by atoms with van der Waals surface area (Å²) in [5.74, 6) is 0.0742. The molecule has 0 radical (unpaired) electrons. The monoisotopic (exact) mass is 343 g/mol. The minimum atomic E-state index is -3.61. The number of benzene rings is 1. The number of sulfonamides is 1. The Bertz CT molecular complexity index is 617. The number of carbonyl (C=O) groups excluding carboxylic acids is 1. The number of para-hydroxylation sites is 2. The van der Waals surface area contributed by atoms with E-state index >= 15 is 0 Å². The summed E-state index contributed by atoms with van der Waals surface area (Å²) in [5, 5.41) is 2.71. The highest BCUT2D eigenvalue weighted by atomic mass is 32.2. The van der Waals surface area contributed by atoms with Gasteiger partial charge in [-0.15, -0.1) is 0 Å². The summed E-state index contributed by atoms with van der Waals surface area (Å²) in [7, 11) is 0.179. The van der Waals surface area contributed by atoms with Crippen molar-refractivity contribution >= 4 is 21.6 Å². The molecular formula is C15H25N3O4S. The Hall–Kier alpha value is -1.80. The van der Waals surface area contributed by atoms with E-state index in [1.165, 1.54) is 0 Å². The van der Waals surface area contributed by atoms with E-state index < -0.39 is 10.0 Å². The van der Waals surface area contributed by atoms with E-state index in [0.29, 0.717) is 31.1 Å².